The smallest absolute Gasteiger partial charge is 0.231 e. The summed E-state index contributed by atoms with van der Waals surface area (Å²) in [6.45, 7) is 14.8. The fourth-order valence-electron chi connectivity index (χ4n) is 4.99. The van der Waals surface area contributed by atoms with Crippen molar-refractivity contribution >= 4 is 45.9 Å². The number of thioether (sulfide) groups is 1. The number of aryl methyl sites for hydroxylation is 1. The van der Waals surface area contributed by atoms with E-state index in [-0.39, 0.29) is 11.8 Å². The third-order valence-corrected chi connectivity index (χ3v) is 9.68. The predicted molar refractivity (Wildman–Crippen MR) is 175 cm³/mol. The maximum atomic E-state index is 13.0. The zero-order valence-corrected chi connectivity index (χ0v) is 27.7. The molecule has 8 heteroatoms. The minimum Gasteiger partial charge on any atom is -0.491 e. The molecule has 1 N–H and O–H groups in total. The molecule has 4 rings (SSSR count). The van der Waals surface area contributed by atoms with Crippen molar-refractivity contribution in [3.63, 3.8) is 0 Å². The van der Waals surface area contributed by atoms with E-state index >= 15 is 0 Å². The Morgan fingerprint density at radius 2 is 1.90 bits per heavy atom. The van der Waals surface area contributed by atoms with Crippen LogP contribution in [-0.2, 0) is 22.2 Å². The summed E-state index contributed by atoms with van der Waals surface area (Å²) in [6, 6.07) is 11.9. The fourth-order valence-corrected chi connectivity index (χ4v) is 7.27. The monoisotopic (exact) mass is 608 g/mol. The summed E-state index contributed by atoms with van der Waals surface area (Å²) in [7, 11) is -1.59. The molecule has 2 aromatic carbocycles. The lowest BCUT2D eigenvalue weighted by Crippen LogP contribution is -2.31. The number of halogens is 1. The van der Waals surface area contributed by atoms with Gasteiger partial charge < -0.3 is 9.64 Å². The number of hydrogen-bond acceptors (Lipinski definition) is 5. The largest absolute Gasteiger partial charge is 0.491 e. The molecule has 0 spiro atoms. The molecule has 2 aliphatic heterocycles. The molecule has 0 radical (unpaired) electrons. The van der Waals surface area contributed by atoms with Gasteiger partial charge in [0.25, 0.3) is 0 Å². The average molecular weight is 609 g/mol. The van der Waals surface area contributed by atoms with Gasteiger partial charge in [-0.05, 0) is 78.1 Å². The summed E-state index contributed by atoms with van der Waals surface area (Å²) in [5.74, 6) is 3.50. The second-order valence-corrected chi connectivity index (χ2v) is 12.5. The topological polar surface area (TPSA) is 58.6 Å². The number of anilines is 1. The summed E-state index contributed by atoms with van der Waals surface area (Å²) in [6.07, 6.45) is 5.47. The van der Waals surface area contributed by atoms with Crippen molar-refractivity contribution in [2.45, 2.75) is 90.9 Å². The number of nitrogens with zero attached hydrogens (tertiary/aromatic N) is 1. The average Bonchev–Trinajstić information content (AvgIpc) is 3.15. The van der Waals surface area contributed by atoms with Crippen LogP contribution >= 0.6 is 23.4 Å². The summed E-state index contributed by atoms with van der Waals surface area (Å²) in [5, 5.41) is 0.770. The summed E-state index contributed by atoms with van der Waals surface area (Å²) < 4.78 is 22.0. The number of fused-ring (bicyclic) bond motifs is 1. The third kappa shape index (κ3) is 9.99. The van der Waals surface area contributed by atoms with Gasteiger partial charge in [0.05, 0.1) is 17.2 Å². The van der Waals surface area contributed by atoms with Gasteiger partial charge in [0.2, 0.25) is 5.91 Å². The Bertz CT molecular complexity index is 1080. The highest BCUT2D eigenvalue weighted by Gasteiger charge is 2.27. The Balaban J connectivity index is 0.00000134. The maximum Gasteiger partial charge on any atom is 0.231 e. The lowest BCUT2D eigenvalue weighted by molar-refractivity contribution is -0.119. The molecule has 40 heavy (non-hydrogen) atoms. The van der Waals surface area contributed by atoms with Crippen molar-refractivity contribution in [3.05, 3.63) is 52.5 Å². The molecule has 1 amide bonds. The van der Waals surface area contributed by atoms with Crippen LogP contribution in [0.4, 0.5) is 5.69 Å². The van der Waals surface area contributed by atoms with Crippen molar-refractivity contribution in [1.29, 1.82) is 0 Å². The third-order valence-electron chi connectivity index (χ3n) is 7.07. The summed E-state index contributed by atoms with van der Waals surface area (Å²) >= 11 is 8.28. The number of benzene rings is 2. The Labute approximate surface area is 254 Å². The molecule has 2 aliphatic rings. The van der Waals surface area contributed by atoms with Gasteiger partial charge in [0.1, 0.15) is 5.75 Å². The highest BCUT2D eigenvalue weighted by Crippen LogP contribution is 2.38. The van der Waals surface area contributed by atoms with Gasteiger partial charge in [-0.2, -0.15) is 11.8 Å². The van der Waals surface area contributed by atoms with Gasteiger partial charge in [-0.25, -0.2) is 4.21 Å². The standard InChI is InChI=1S/C28H37ClN2O3S2.2C2H6/c1-3-6-21-15-23(29)8-10-25(21)22-17-31-13-12-20(4-2)19-35-14-5-7-28(32)30-36(33)24-9-11-27(34-18-22)26(31)16-24;2*1-2/h8-11,15-16,20,22H,3-7,12-14,17-19H2,1-2H3,(H,30,32);2*1-2H3. The lowest BCUT2D eigenvalue weighted by atomic mass is 9.92. The van der Waals surface area contributed by atoms with Crippen molar-refractivity contribution < 1.29 is 13.7 Å². The summed E-state index contributed by atoms with van der Waals surface area (Å²) in [4.78, 5) is 15.4. The first kappa shape index (κ1) is 34.5. The van der Waals surface area contributed by atoms with Crippen LogP contribution in [0.3, 0.4) is 0 Å². The minimum absolute atomic E-state index is 0.162. The van der Waals surface area contributed by atoms with Crippen LogP contribution in [0.1, 0.15) is 90.7 Å². The molecule has 0 saturated carbocycles. The first-order chi connectivity index (χ1) is 19.5. The minimum atomic E-state index is -1.59. The molecular weight excluding hydrogens is 560 g/mol. The van der Waals surface area contributed by atoms with Crippen LogP contribution in [-0.4, -0.2) is 41.3 Å². The second kappa shape index (κ2) is 18.7. The van der Waals surface area contributed by atoms with E-state index in [2.05, 4.69) is 35.6 Å². The SMILES string of the molecule is CC.CC.CCCc1cc(Cl)ccc1C1COc2ccc3cc2N(CCC(CC)CSCCCC(=O)NS3=O)C1. The first-order valence-corrected chi connectivity index (χ1v) is 17.8. The number of carbonyl (C=O) groups excluding carboxylic acids is 1. The fraction of sp³-hybridized carbons (Fsp3) is 0.594. The number of rotatable bonds is 4. The lowest BCUT2D eigenvalue weighted by Gasteiger charge is -2.29. The highest BCUT2D eigenvalue weighted by molar-refractivity contribution is 7.99. The quantitative estimate of drug-likeness (QED) is 0.377. The van der Waals surface area contributed by atoms with E-state index in [1.165, 1.54) is 11.1 Å². The normalized spacial score (nSPS) is 21.5. The van der Waals surface area contributed by atoms with Crippen molar-refractivity contribution in [1.82, 2.24) is 4.72 Å². The molecule has 0 fully saturated rings. The zero-order valence-electron chi connectivity index (χ0n) is 25.3. The van der Waals surface area contributed by atoms with Gasteiger partial charge in [-0.15, -0.1) is 0 Å². The number of carbonyl (C=O) groups is 1. The van der Waals surface area contributed by atoms with E-state index in [9.17, 15) is 9.00 Å². The zero-order chi connectivity index (χ0) is 29.5. The van der Waals surface area contributed by atoms with E-state index in [4.69, 9.17) is 16.3 Å². The van der Waals surface area contributed by atoms with E-state index in [1.807, 2.05) is 57.7 Å². The Morgan fingerprint density at radius 1 is 1.12 bits per heavy atom. The van der Waals surface area contributed by atoms with Gasteiger partial charge in [-0.1, -0.05) is 72.1 Å². The molecule has 0 saturated heterocycles. The highest BCUT2D eigenvalue weighted by atomic mass is 35.5. The van der Waals surface area contributed by atoms with Crippen molar-refractivity contribution in [2.24, 2.45) is 5.92 Å². The van der Waals surface area contributed by atoms with Crippen molar-refractivity contribution in [2.75, 3.05) is 36.1 Å². The van der Waals surface area contributed by atoms with Crippen LogP contribution in [0, 0.1) is 5.92 Å². The molecule has 2 aromatic rings. The van der Waals surface area contributed by atoms with Gasteiger partial charge in [-0.3, -0.25) is 9.52 Å². The number of ether oxygens (including phenoxy) is 1. The maximum absolute atomic E-state index is 13.0. The van der Waals surface area contributed by atoms with Gasteiger partial charge in [0, 0.05) is 30.5 Å². The molecule has 2 heterocycles. The molecule has 2 bridgehead atoms. The van der Waals surface area contributed by atoms with E-state index in [0.717, 1.165) is 73.2 Å². The molecule has 0 aliphatic carbocycles. The predicted octanol–water partition coefficient (Wildman–Crippen LogP) is 8.41. The van der Waals surface area contributed by atoms with E-state index in [1.54, 1.807) is 6.07 Å². The number of nitrogens with one attached hydrogen (secondary N) is 1. The summed E-state index contributed by atoms with van der Waals surface area (Å²) in [5.41, 5.74) is 3.54. The van der Waals surface area contributed by atoms with E-state index in [0.29, 0.717) is 23.8 Å². The van der Waals surface area contributed by atoms with Gasteiger partial charge in [0.15, 0.2) is 11.0 Å². The molecule has 3 atom stereocenters. The van der Waals surface area contributed by atoms with Crippen LogP contribution < -0.4 is 14.4 Å². The number of hydrogen-bond donors (Lipinski definition) is 1. The Morgan fingerprint density at radius 3 is 2.62 bits per heavy atom. The van der Waals surface area contributed by atoms with Crippen molar-refractivity contribution in [3.8, 4) is 5.75 Å². The number of amides is 1. The molecular formula is C32H49ClN2O3S2. The van der Waals surface area contributed by atoms with Crippen LogP contribution in [0.2, 0.25) is 5.02 Å². The Kier molecular flexibility index (Phi) is 16.1. The first-order valence-electron chi connectivity index (χ1n) is 15.1. The van der Waals surface area contributed by atoms with Crippen LogP contribution in [0.5, 0.6) is 5.75 Å². The Hall–Kier alpha value is -1.70. The molecule has 0 aromatic heterocycles. The van der Waals surface area contributed by atoms with Crippen LogP contribution in [0.15, 0.2) is 41.3 Å². The second-order valence-electron chi connectivity index (χ2n) is 9.71. The van der Waals surface area contributed by atoms with E-state index < -0.39 is 11.0 Å². The molecule has 3 unspecified atom stereocenters. The molecule has 5 nitrogen and oxygen atoms in total. The molecule has 224 valence electrons. The van der Waals surface area contributed by atoms with Crippen LogP contribution in [0.25, 0.3) is 0 Å². The van der Waals surface area contributed by atoms with Gasteiger partial charge >= 0.3 is 0 Å².